The van der Waals surface area contributed by atoms with Crippen molar-refractivity contribution in [1.29, 1.82) is 0 Å². The zero-order chi connectivity index (χ0) is 24.2. The van der Waals surface area contributed by atoms with Gasteiger partial charge in [-0.2, -0.15) is 0 Å². The molecule has 2 rings (SSSR count). The van der Waals surface area contributed by atoms with Gasteiger partial charge in [0, 0.05) is 10.6 Å². The van der Waals surface area contributed by atoms with Crippen molar-refractivity contribution in [3.8, 4) is 0 Å². The molecule has 0 saturated carbocycles. The standard InChI is InChI=1S/C24H30N2O6S/c1-17(2)21(26-24(29)32-16-18-10-6-4-7-11-18)22(27)25-20(23(28)31-3)14-15-33(30)19-12-8-5-9-13-19/h4-13,17,20-21H,14-16H2,1-3H3,(H,25,27)(H,26,29)/t20-,21-,33+/m1/s1. The van der Waals surface area contributed by atoms with Crippen molar-refractivity contribution in [2.75, 3.05) is 12.9 Å². The maximum Gasteiger partial charge on any atom is 0.408 e. The first-order valence-corrected chi connectivity index (χ1v) is 11.9. The van der Waals surface area contributed by atoms with Crippen LogP contribution in [0.25, 0.3) is 0 Å². The minimum absolute atomic E-state index is 0.0647. The Morgan fingerprint density at radius 2 is 1.55 bits per heavy atom. The zero-order valence-electron chi connectivity index (χ0n) is 19.0. The number of hydrogen-bond acceptors (Lipinski definition) is 6. The molecular formula is C24H30N2O6S. The molecule has 2 amide bonds. The summed E-state index contributed by atoms with van der Waals surface area (Å²) < 4.78 is 22.5. The number of alkyl carbamates (subject to hydrolysis) is 1. The molecule has 0 aromatic heterocycles. The van der Waals surface area contributed by atoms with Crippen LogP contribution in [-0.2, 0) is 36.5 Å². The van der Waals surface area contributed by atoms with E-state index in [9.17, 15) is 18.6 Å². The molecule has 0 spiro atoms. The van der Waals surface area contributed by atoms with Gasteiger partial charge in [0.15, 0.2) is 0 Å². The molecule has 0 fully saturated rings. The molecule has 0 aliphatic heterocycles. The van der Waals surface area contributed by atoms with Crippen molar-refractivity contribution in [2.45, 2.75) is 43.9 Å². The number of nitrogens with one attached hydrogen (secondary N) is 2. The van der Waals surface area contributed by atoms with Gasteiger partial charge in [-0.3, -0.25) is 9.00 Å². The van der Waals surface area contributed by atoms with Crippen molar-refractivity contribution in [1.82, 2.24) is 10.6 Å². The van der Waals surface area contributed by atoms with Crippen LogP contribution in [0.1, 0.15) is 25.8 Å². The molecule has 8 nitrogen and oxygen atoms in total. The van der Waals surface area contributed by atoms with Crippen LogP contribution in [0.5, 0.6) is 0 Å². The number of carbonyl (C=O) groups is 3. The average Bonchev–Trinajstić information content (AvgIpc) is 2.83. The molecule has 33 heavy (non-hydrogen) atoms. The van der Waals surface area contributed by atoms with E-state index in [1.807, 2.05) is 36.4 Å². The second-order valence-corrected chi connectivity index (χ2v) is 9.23. The molecule has 0 bridgehead atoms. The highest BCUT2D eigenvalue weighted by atomic mass is 32.2. The topological polar surface area (TPSA) is 111 Å². The fourth-order valence-electron chi connectivity index (χ4n) is 2.99. The first kappa shape index (κ1) is 26.1. The van der Waals surface area contributed by atoms with Crippen LogP contribution in [0, 0.1) is 5.92 Å². The zero-order valence-corrected chi connectivity index (χ0v) is 19.8. The highest BCUT2D eigenvalue weighted by Gasteiger charge is 2.30. The normalized spacial score (nSPS) is 13.5. The minimum atomic E-state index is -1.34. The summed E-state index contributed by atoms with van der Waals surface area (Å²) in [5.41, 5.74) is 0.815. The van der Waals surface area contributed by atoms with Gasteiger partial charge in [-0.15, -0.1) is 0 Å². The van der Waals surface area contributed by atoms with Crippen molar-refractivity contribution >= 4 is 28.8 Å². The van der Waals surface area contributed by atoms with Gasteiger partial charge in [-0.05, 0) is 30.0 Å². The predicted octanol–water partition coefficient (Wildman–Crippen LogP) is 2.79. The fraction of sp³-hybridized carbons (Fsp3) is 0.375. The Balaban J connectivity index is 1.96. The molecule has 2 aromatic rings. The van der Waals surface area contributed by atoms with E-state index in [1.54, 1.807) is 38.1 Å². The molecular weight excluding hydrogens is 444 g/mol. The van der Waals surface area contributed by atoms with Gasteiger partial charge in [0.05, 0.1) is 17.9 Å². The number of esters is 1. The van der Waals surface area contributed by atoms with Crippen LogP contribution in [0.4, 0.5) is 4.79 Å². The van der Waals surface area contributed by atoms with Gasteiger partial charge < -0.3 is 20.1 Å². The Morgan fingerprint density at radius 1 is 0.939 bits per heavy atom. The van der Waals surface area contributed by atoms with E-state index in [4.69, 9.17) is 9.47 Å². The van der Waals surface area contributed by atoms with Gasteiger partial charge in [-0.25, -0.2) is 9.59 Å². The summed E-state index contributed by atoms with van der Waals surface area (Å²) in [5.74, 6) is -1.32. The molecule has 2 aromatic carbocycles. The summed E-state index contributed by atoms with van der Waals surface area (Å²) in [6.45, 7) is 3.59. The van der Waals surface area contributed by atoms with Crippen LogP contribution >= 0.6 is 0 Å². The number of methoxy groups -OCH3 is 1. The van der Waals surface area contributed by atoms with Crippen LogP contribution in [0.2, 0.25) is 0 Å². The SMILES string of the molecule is COC(=O)[C@@H](CC[S@](=O)c1ccccc1)NC(=O)[C@H](NC(=O)OCc1ccccc1)C(C)C. The number of ether oxygens (including phenoxy) is 2. The van der Waals surface area contributed by atoms with E-state index < -0.39 is 40.9 Å². The molecule has 3 atom stereocenters. The third kappa shape index (κ3) is 8.69. The Labute approximate surface area is 196 Å². The van der Waals surface area contributed by atoms with Crippen LogP contribution in [-0.4, -0.2) is 47.1 Å². The smallest absolute Gasteiger partial charge is 0.408 e. The molecule has 0 unspecified atom stereocenters. The molecule has 0 aliphatic rings. The monoisotopic (exact) mass is 474 g/mol. The van der Waals surface area contributed by atoms with E-state index in [0.29, 0.717) is 4.90 Å². The van der Waals surface area contributed by atoms with Crippen LogP contribution < -0.4 is 10.6 Å². The molecule has 178 valence electrons. The number of hydrogen-bond donors (Lipinski definition) is 2. The number of rotatable bonds is 11. The second kappa shape index (κ2) is 13.4. The number of amides is 2. The third-order valence-corrected chi connectivity index (χ3v) is 6.24. The maximum absolute atomic E-state index is 12.9. The largest absolute Gasteiger partial charge is 0.467 e. The fourth-order valence-corrected chi connectivity index (χ4v) is 4.14. The lowest BCUT2D eigenvalue weighted by Gasteiger charge is -2.24. The summed E-state index contributed by atoms with van der Waals surface area (Å²) in [7, 11) is -0.119. The lowest BCUT2D eigenvalue weighted by atomic mass is 10.0. The van der Waals surface area contributed by atoms with E-state index in [1.165, 1.54) is 7.11 Å². The van der Waals surface area contributed by atoms with Crippen molar-refractivity contribution in [3.05, 3.63) is 66.2 Å². The maximum atomic E-state index is 12.9. The lowest BCUT2D eigenvalue weighted by Crippen LogP contribution is -2.54. The Kier molecular flexibility index (Phi) is 10.6. The van der Waals surface area contributed by atoms with Gasteiger partial charge in [0.2, 0.25) is 5.91 Å². The molecule has 2 N–H and O–H groups in total. The van der Waals surface area contributed by atoms with Crippen molar-refractivity contribution < 1.29 is 28.1 Å². The molecule has 0 heterocycles. The van der Waals surface area contributed by atoms with Gasteiger partial charge in [-0.1, -0.05) is 62.4 Å². The van der Waals surface area contributed by atoms with Gasteiger partial charge in [0.1, 0.15) is 18.7 Å². The summed E-state index contributed by atoms with van der Waals surface area (Å²) in [5, 5.41) is 5.17. The summed E-state index contributed by atoms with van der Waals surface area (Å²) in [4.78, 5) is 38.0. The summed E-state index contributed by atoms with van der Waals surface area (Å²) >= 11 is 0. The quantitative estimate of drug-likeness (QED) is 0.485. The Bertz CT molecular complexity index is 936. The second-order valence-electron chi connectivity index (χ2n) is 7.66. The predicted molar refractivity (Wildman–Crippen MR) is 125 cm³/mol. The molecule has 9 heteroatoms. The van der Waals surface area contributed by atoms with E-state index in [2.05, 4.69) is 10.6 Å². The van der Waals surface area contributed by atoms with Crippen molar-refractivity contribution in [2.24, 2.45) is 5.92 Å². The van der Waals surface area contributed by atoms with Gasteiger partial charge >= 0.3 is 12.1 Å². The molecule has 0 radical (unpaired) electrons. The number of carbonyl (C=O) groups excluding carboxylic acids is 3. The van der Waals surface area contributed by atoms with Crippen molar-refractivity contribution in [3.63, 3.8) is 0 Å². The molecule has 0 aliphatic carbocycles. The van der Waals surface area contributed by atoms with Crippen LogP contribution in [0.3, 0.4) is 0 Å². The summed E-state index contributed by atoms with van der Waals surface area (Å²) in [6, 6.07) is 16.1. The number of benzene rings is 2. The lowest BCUT2D eigenvalue weighted by molar-refractivity contribution is -0.145. The minimum Gasteiger partial charge on any atom is -0.467 e. The first-order valence-electron chi connectivity index (χ1n) is 10.6. The van der Waals surface area contributed by atoms with E-state index in [0.717, 1.165) is 5.56 Å². The first-order chi connectivity index (χ1) is 15.8. The van der Waals surface area contributed by atoms with E-state index in [-0.39, 0.29) is 24.7 Å². The Hall–Kier alpha value is -3.20. The highest BCUT2D eigenvalue weighted by molar-refractivity contribution is 7.85. The summed E-state index contributed by atoms with van der Waals surface area (Å²) in [6.07, 6.45) is -0.629. The highest BCUT2D eigenvalue weighted by Crippen LogP contribution is 2.10. The molecule has 0 saturated heterocycles. The van der Waals surface area contributed by atoms with E-state index >= 15 is 0 Å². The van der Waals surface area contributed by atoms with Crippen LogP contribution in [0.15, 0.2) is 65.6 Å². The Morgan fingerprint density at radius 3 is 2.12 bits per heavy atom. The van der Waals surface area contributed by atoms with Gasteiger partial charge in [0.25, 0.3) is 0 Å². The third-order valence-electron chi connectivity index (χ3n) is 4.84. The average molecular weight is 475 g/mol.